The lowest BCUT2D eigenvalue weighted by Crippen LogP contribution is -2.15. The van der Waals surface area contributed by atoms with E-state index in [4.69, 9.17) is 0 Å². The van der Waals surface area contributed by atoms with Crippen LogP contribution in [0.3, 0.4) is 0 Å². The number of hydrogen-bond acceptors (Lipinski definition) is 5. The van der Waals surface area contributed by atoms with E-state index in [2.05, 4.69) is 32.4 Å². The Labute approximate surface area is 129 Å². The van der Waals surface area contributed by atoms with E-state index in [-0.39, 0.29) is 12.5 Å². The maximum atomic E-state index is 9.27. The molecule has 5 nitrogen and oxygen atoms in total. The van der Waals surface area contributed by atoms with Crippen molar-refractivity contribution >= 4 is 17.0 Å². The summed E-state index contributed by atoms with van der Waals surface area (Å²) >= 11 is 0. The molecule has 3 rings (SSSR count). The van der Waals surface area contributed by atoms with Crippen molar-refractivity contribution in [1.82, 2.24) is 15.0 Å². The third-order valence-electron chi connectivity index (χ3n) is 3.61. The van der Waals surface area contributed by atoms with Crippen LogP contribution in [0.15, 0.2) is 54.9 Å². The molecule has 1 atom stereocenters. The molecular formula is C17H18N4O. The largest absolute Gasteiger partial charge is 0.396 e. The molecule has 0 saturated heterocycles. The van der Waals surface area contributed by atoms with Gasteiger partial charge in [0.05, 0.1) is 0 Å². The first-order chi connectivity index (χ1) is 10.9. The van der Waals surface area contributed by atoms with Crippen LogP contribution >= 0.6 is 0 Å². The Kier molecular flexibility index (Phi) is 4.56. The Morgan fingerprint density at radius 1 is 1.00 bits per heavy atom. The third-order valence-corrected chi connectivity index (χ3v) is 3.61. The van der Waals surface area contributed by atoms with Crippen LogP contribution in [0.2, 0.25) is 0 Å². The molecule has 0 amide bonds. The fraction of sp³-hybridized carbons (Fsp3) is 0.235. The monoisotopic (exact) mass is 294 g/mol. The fourth-order valence-electron chi connectivity index (χ4n) is 2.45. The summed E-state index contributed by atoms with van der Waals surface area (Å²) in [5.74, 6) is 1.01. The lowest BCUT2D eigenvalue weighted by molar-refractivity contribution is 0.277. The van der Waals surface area contributed by atoms with Crippen molar-refractivity contribution in [2.75, 3.05) is 18.5 Å². The van der Waals surface area contributed by atoms with E-state index in [0.29, 0.717) is 18.6 Å². The molecular weight excluding hydrogens is 276 g/mol. The molecule has 2 aromatic heterocycles. The minimum Gasteiger partial charge on any atom is -0.396 e. The molecule has 0 aliphatic heterocycles. The summed E-state index contributed by atoms with van der Waals surface area (Å²) in [6.45, 7) is 0.876. The second kappa shape index (κ2) is 6.95. The number of aliphatic hydroxyl groups is 1. The van der Waals surface area contributed by atoms with Crippen molar-refractivity contribution in [3.63, 3.8) is 0 Å². The molecule has 0 bridgehead atoms. The standard InChI is InChI=1S/C17H18N4O/c22-11-8-14(13-4-2-1-3-5-13)12-20-16-7-6-15-17(21-16)19-10-9-18-15/h1-7,9-10,14,22H,8,11-12H2,(H,19,20,21). The van der Waals surface area contributed by atoms with Crippen LogP contribution < -0.4 is 5.32 Å². The third kappa shape index (κ3) is 3.38. The van der Waals surface area contributed by atoms with Crippen LogP contribution in [-0.2, 0) is 0 Å². The van der Waals surface area contributed by atoms with E-state index < -0.39 is 0 Å². The van der Waals surface area contributed by atoms with Gasteiger partial charge in [-0.2, -0.15) is 0 Å². The number of nitrogens with zero attached hydrogens (tertiary/aromatic N) is 3. The quantitative estimate of drug-likeness (QED) is 0.731. The van der Waals surface area contributed by atoms with Gasteiger partial charge in [0.25, 0.3) is 0 Å². The molecule has 0 spiro atoms. The zero-order valence-corrected chi connectivity index (χ0v) is 12.2. The first kappa shape index (κ1) is 14.4. The molecule has 0 aliphatic rings. The van der Waals surface area contributed by atoms with Crippen LogP contribution in [0, 0.1) is 0 Å². The normalized spacial score (nSPS) is 12.2. The Bertz CT molecular complexity index is 733. The summed E-state index contributed by atoms with van der Waals surface area (Å²) in [6.07, 6.45) is 4.01. The topological polar surface area (TPSA) is 70.9 Å². The van der Waals surface area contributed by atoms with Gasteiger partial charge in [-0.15, -0.1) is 0 Å². The van der Waals surface area contributed by atoms with Crippen LogP contribution in [0.5, 0.6) is 0 Å². The van der Waals surface area contributed by atoms with E-state index >= 15 is 0 Å². The number of fused-ring (bicyclic) bond motifs is 1. The Morgan fingerprint density at radius 3 is 2.64 bits per heavy atom. The summed E-state index contributed by atoms with van der Waals surface area (Å²) < 4.78 is 0. The van der Waals surface area contributed by atoms with Crippen LogP contribution in [0.1, 0.15) is 17.9 Å². The predicted octanol–water partition coefficient (Wildman–Crippen LogP) is 2.60. The molecule has 5 heteroatoms. The first-order valence-corrected chi connectivity index (χ1v) is 7.34. The number of aromatic nitrogens is 3. The summed E-state index contributed by atoms with van der Waals surface area (Å²) in [4.78, 5) is 12.9. The Balaban J connectivity index is 1.73. The minimum atomic E-state index is 0.165. The second-order valence-corrected chi connectivity index (χ2v) is 5.10. The van der Waals surface area contributed by atoms with Gasteiger partial charge in [-0.05, 0) is 24.1 Å². The molecule has 0 fully saturated rings. The Hall–Kier alpha value is -2.53. The predicted molar refractivity (Wildman–Crippen MR) is 86.7 cm³/mol. The molecule has 2 heterocycles. The summed E-state index contributed by atoms with van der Waals surface area (Å²) in [7, 11) is 0. The summed E-state index contributed by atoms with van der Waals surface area (Å²) in [6, 6.07) is 14.0. The maximum Gasteiger partial charge on any atom is 0.180 e. The van der Waals surface area contributed by atoms with E-state index in [1.54, 1.807) is 12.4 Å². The zero-order valence-electron chi connectivity index (χ0n) is 12.2. The zero-order chi connectivity index (χ0) is 15.2. The van der Waals surface area contributed by atoms with Crippen molar-refractivity contribution in [3.05, 3.63) is 60.4 Å². The lowest BCUT2D eigenvalue weighted by Gasteiger charge is -2.17. The number of aliphatic hydroxyl groups excluding tert-OH is 1. The highest BCUT2D eigenvalue weighted by Gasteiger charge is 2.11. The second-order valence-electron chi connectivity index (χ2n) is 5.10. The SMILES string of the molecule is OCCC(CNc1ccc2nccnc2n1)c1ccccc1. The molecule has 2 N–H and O–H groups in total. The van der Waals surface area contributed by atoms with Crippen LogP contribution in [0.4, 0.5) is 5.82 Å². The number of nitrogens with one attached hydrogen (secondary N) is 1. The molecule has 1 unspecified atom stereocenters. The molecule has 0 radical (unpaired) electrons. The number of rotatable bonds is 6. The highest BCUT2D eigenvalue weighted by atomic mass is 16.3. The molecule has 3 aromatic rings. The number of anilines is 1. The van der Waals surface area contributed by atoms with E-state index in [1.165, 1.54) is 5.56 Å². The van der Waals surface area contributed by atoms with E-state index in [1.807, 2.05) is 30.3 Å². The van der Waals surface area contributed by atoms with Crippen LogP contribution in [-0.4, -0.2) is 33.2 Å². The van der Waals surface area contributed by atoms with Gasteiger partial charge in [0.2, 0.25) is 0 Å². The molecule has 112 valence electrons. The average Bonchev–Trinajstić information content (AvgIpc) is 2.59. The van der Waals surface area contributed by atoms with Crippen molar-refractivity contribution in [2.45, 2.75) is 12.3 Å². The van der Waals surface area contributed by atoms with Crippen molar-refractivity contribution < 1.29 is 5.11 Å². The number of pyridine rings is 1. The number of benzene rings is 1. The lowest BCUT2D eigenvalue weighted by atomic mass is 9.96. The summed E-state index contributed by atoms with van der Waals surface area (Å²) in [5.41, 5.74) is 2.62. The van der Waals surface area contributed by atoms with Gasteiger partial charge < -0.3 is 10.4 Å². The van der Waals surface area contributed by atoms with Gasteiger partial charge in [0, 0.05) is 31.5 Å². The Morgan fingerprint density at radius 2 is 1.82 bits per heavy atom. The number of hydrogen-bond donors (Lipinski definition) is 2. The summed E-state index contributed by atoms with van der Waals surface area (Å²) in [5, 5.41) is 12.6. The highest BCUT2D eigenvalue weighted by molar-refractivity contribution is 5.71. The first-order valence-electron chi connectivity index (χ1n) is 7.34. The van der Waals surface area contributed by atoms with Gasteiger partial charge >= 0.3 is 0 Å². The highest BCUT2D eigenvalue weighted by Crippen LogP contribution is 2.20. The van der Waals surface area contributed by atoms with E-state index in [9.17, 15) is 5.11 Å². The van der Waals surface area contributed by atoms with Gasteiger partial charge in [-0.3, -0.25) is 4.98 Å². The van der Waals surface area contributed by atoms with Gasteiger partial charge in [-0.1, -0.05) is 30.3 Å². The molecule has 0 saturated carbocycles. The molecule has 1 aromatic carbocycles. The smallest absolute Gasteiger partial charge is 0.180 e. The van der Waals surface area contributed by atoms with Crippen LogP contribution in [0.25, 0.3) is 11.2 Å². The van der Waals surface area contributed by atoms with Gasteiger partial charge in [-0.25, -0.2) is 9.97 Å². The van der Waals surface area contributed by atoms with Crippen molar-refractivity contribution in [2.24, 2.45) is 0 Å². The fourth-order valence-corrected chi connectivity index (χ4v) is 2.45. The molecule has 0 aliphatic carbocycles. The molecule has 22 heavy (non-hydrogen) atoms. The average molecular weight is 294 g/mol. The van der Waals surface area contributed by atoms with Crippen molar-refractivity contribution in [1.29, 1.82) is 0 Å². The van der Waals surface area contributed by atoms with Crippen molar-refractivity contribution in [3.8, 4) is 0 Å². The van der Waals surface area contributed by atoms with Gasteiger partial charge in [0.15, 0.2) is 5.65 Å². The minimum absolute atomic E-state index is 0.165. The van der Waals surface area contributed by atoms with Gasteiger partial charge in [0.1, 0.15) is 11.3 Å². The maximum absolute atomic E-state index is 9.27. The van der Waals surface area contributed by atoms with E-state index in [0.717, 1.165) is 11.3 Å².